The van der Waals surface area contributed by atoms with Crippen LogP contribution in [0.4, 0.5) is 10.1 Å². The lowest BCUT2D eigenvalue weighted by molar-refractivity contribution is -0.116. The van der Waals surface area contributed by atoms with Crippen molar-refractivity contribution in [3.8, 4) is 5.88 Å². The summed E-state index contributed by atoms with van der Waals surface area (Å²) in [5.41, 5.74) is 2.24. The monoisotopic (exact) mass is 289 g/mol. The van der Waals surface area contributed by atoms with E-state index in [0.29, 0.717) is 11.6 Å². The van der Waals surface area contributed by atoms with Crippen LogP contribution in [0.25, 0.3) is 0 Å². The van der Waals surface area contributed by atoms with Crippen LogP contribution < -0.4 is 10.1 Å². The van der Waals surface area contributed by atoms with Crippen LogP contribution in [0.15, 0.2) is 30.3 Å². The molecule has 0 aliphatic carbocycles. The summed E-state index contributed by atoms with van der Waals surface area (Å²) in [6.45, 7) is 3.95. The number of anilines is 1. The molecule has 5 nitrogen and oxygen atoms in total. The maximum atomic E-state index is 13.0. The molecule has 0 unspecified atom stereocenters. The van der Waals surface area contributed by atoms with Crippen molar-refractivity contribution in [2.45, 2.75) is 20.3 Å². The number of benzene rings is 1. The van der Waals surface area contributed by atoms with Crippen molar-refractivity contribution in [2.24, 2.45) is 0 Å². The van der Waals surface area contributed by atoms with Crippen LogP contribution in [0.5, 0.6) is 5.88 Å². The van der Waals surface area contributed by atoms with Gasteiger partial charge in [-0.2, -0.15) is 5.10 Å². The first-order valence-corrected chi connectivity index (χ1v) is 6.54. The molecule has 2 rings (SSSR count). The summed E-state index contributed by atoms with van der Waals surface area (Å²) in [6.07, 6.45) is 0.144. The summed E-state index contributed by atoms with van der Waals surface area (Å²) in [5.74, 6) is -0.261. The molecule has 0 radical (unpaired) electrons. The normalized spacial score (nSPS) is 10.2. The van der Waals surface area contributed by atoms with Crippen molar-refractivity contribution in [2.75, 3.05) is 11.9 Å². The molecule has 0 saturated heterocycles. The number of carbonyl (C=O) groups is 1. The summed E-state index contributed by atoms with van der Waals surface area (Å²) in [4.78, 5) is 11.7. The zero-order valence-corrected chi connectivity index (χ0v) is 11.9. The SMILES string of the molecule is Cc1cc(OCCC(=O)Nc2cccc(F)c2)nnc1C. The number of halogens is 1. The Morgan fingerprint density at radius 1 is 1.29 bits per heavy atom. The van der Waals surface area contributed by atoms with E-state index in [4.69, 9.17) is 4.74 Å². The van der Waals surface area contributed by atoms with Crippen molar-refractivity contribution in [1.29, 1.82) is 0 Å². The van der Waals surface area contributed by atoms with Gasteiger partial charge in [0.1, 0.15) is 5.82 Å². The Morgan fingerprint density at radius 3 is 2.81 bits per heavy atom. The smallest absolute Gasteiger partial charge is 0.233 e. The number of rotatable bonds is 5. The molecular formula is C15H16FN3O2. The Morgan fingerprint density at radius 2 is 2.10 bits per heavy atom. The zero-order valence-electron chi connectivity index (χ0n) is 11.9. The van der Waals surface area contributed by atoms with Gasteiger partial charge < -0.3 is 10.1 Å². The van der Waals surface area contributed by atoms with Crippen LogP contribution in [0.2, 0.25) is 0 Å². The molecule has 0 bridgehead atoms. The number of hydrogen-bond acceptors (Lipinski definition) is 4. The topological polar surface area (TPSA) is 64.1 Å². The van der Waals surface area contributed by atoms with Gasteiger partial charge in [-0.25, -0.2) is 4.39 Å². The minimum Gasteiger partial charge on any atom is -0.476 e. The number of carbonyl (C=O) groups excluding carboxylic acids is 1. The molecule has 0 atom stereocenters. The average Bonchev–Trinajstić information content (AvgIpc) is 2.43. The molecule has 110 valence electrons. The van der Waals surface area contributed by atoms with Crippen LogP contribution in [-0.4, -0.2) is 22.7 Å². The second kappa shape index (κ2) is 6.78. The highest BCUT2D eigenvalue weighted by molar-refractivity contribution is 5.90. The number of nitrogens with one attached hydrogen (secondary N) is 1. The zero-order chi connectivity index (χ0) is 15.2. The molecule has 6 heteroatoms. The Kier molecular flexibility index (Phi) is 4.81. The van der Waals surface area contributed by atoms with E-state index in [9.17, 15) is 9.18 Å². The van der Waals surface area contributed by atoms with Crippen LogP contribution in [0, 0.1) is 19.7 Å². The number of amides is 1. The van der Waals surface area contributed by atoms with Gasteiger partial charge in [0.2, 0.25) is 11.8 Å². The van der Waals surface area contributed by atoms with Crippen molar-refractivity contribution < 1.29 is 13.9 Å². The largest absolute Gasteiger partial charge is 0.476 e. The van der Waals surface area contributed by atoms with Gasteiger partial charge in [-0.3, -0.25) is 4.79 Å². The fourth-order valence-electron chi connectivity index (χ4n) is 1.63. The van der Waals surface area contributed by atoms with E-state index in [1.165, 1.54) is 18.2 Å². The van der Waals surface area contributed by atoms with E-state index in [2.05, 4.69) is 15.5 Å². The third kappa shape index (κ3) is 4.52. The molecular weight excluding hydrogens is 273 g/mol. The molecule has 1 heterocycles. The predicted molar refractivity (Wildman–Crippen MR) is 76.6 cm³/mol. The van der Waals surface area contributed by atoms with Gasteiger partial charge in [0, 0.05) is 11.8 Å². The van der Waals surface area contributed by atoms with Crippen molar-refractivity contribution in [3.63, 3.8) is 0 Å². The highest BCUT2D eigenvalue weighted by Gasteiger charge is 2.05. The molecule has 0 saturated carbocycles. The fraction of sp³-hybridized carbons (Fsp3) is 0.267. The molecule has 1 N–H and O–H groups in total. The van der Waals surface area contributed by atoms with Gasteiger partial charge in [-0.15, -0.1) is 5.10 Å². The van der Waals surface area contributed by atoms with Gasteiger partial charge in [-0.1, -0.05) is 6.07 Å². The summed E-state index contributed by atoms with van der Waals surface area (Å²) >= 11 is 0. The summed E-state index contributed by atoms with van der Waals surface area (Å²) in [6, 6.07) is 7.50. The Bertz CT molecular complexity index is 647. The maximum Gasteiger partial charge on any atom is 0.233 e. The average molecular weight is 289 g/mol. The van der Waals surface area contributed by atoms with E-state index < -0.39 is 5.82 Å². The summed E-state index contributed by atoms with van der Waals surface area (Å²) in [7, 11) is 0. The Labute approximate surface area is 122 Å². The van der Waals surface area contributed by atoms with Crippen LogP contribution in [-0.2, 0) is 4.79 Å². The molecule has 0 fully saturated rings. The molecule has 2 aromatic rings. The molecule has 0 aliphatic rings. The van der Waals surface area contributed by atoms with Crippen LogP contribution in [0.1, 0.15) is 17.7 Å². The first-order valence-electron chi connectivity index (χ1n) is 6.54. The second-order valence-electron chi connectivity index (χ2n) is 4.61. The van der Waals surface area contributed by atoms with E-state index in [-0.39, 0.29) is 18.9 Å². The predicted octanol–water partition coefficient (Wildman–Crippen LogP) is 2.64. The summed E-state index contributed by atoms with van der Waals surface area (Å²) in [5, 5.41) is 10.4. The van der Waals surface area contributed by atoms with Gasteiger partial charge in [0.05, 0.1) is 18.7 Å². The third-order valence-corrected chi connectivity index (χ3v) is 2.90. The lowest BCUT2D eigenvalue weighted by atomic mass is 10.2. The van der Waals surface area contributed by atoms with E-state index in [1.807, 2.05) is 13.8 Å². The summed E-state index contributed by atoms with van der Waals surface area (Å²) < 4.78 is 18.3. The lowest BCUT2D eigenvalue weighted by Gasteiger charge is -2.07. The first-order chi connectivity index (χ1) is 10.0. The number of aromatic nitrogens is 2. The molecule has 1 aromatic carbocycles. The number of ether oxygens (including phenoxy) is 1. The number of nitrogens with zero attached hydrogens (tertiary/aromatic N) is 2. The van der Waals surface area contributed by atoms with E-state index in [0.717, 1.165) is 11.3 Å². The quantitative estimate of drug-likeness (QED) is 0.919. The molecule has 1 aromatic heterocycles. The van der Waals surface area contributed by atoms with E-state index >= 15 is 0 Å². The van der Waals surface area contributed by atoms with Gasteiger partial charge >= 0.3 is 0 Å². The third-order valence-electron chi connectivity index (χ3n) is 2.90. The van der Waals surface area contributed by atoms with E-state index in [1.54, 1.807) is 12.1 Å². The minimum absolute atomic E-state index is 0.144. The number of hydrogen-bond donors (Lipinski definition) is 1. The Hall–Kier alpha value is -2.50. The molecule has 0 aliphatic heterocycles. The van der Waals surface area contributed by atoms with Crippen molar-refractivity contribution in [3.05, 3.63) is 47.4 Å². The van der Waals surface area contributed by atoms with Crippen molar-refractivity contribution >= 4 is 11.6 Å². The van der Waals surface area contributed by atoms with Gasteiger partial charge in [0.25, 0.3) is 0 Å². The van der Waals surface area contributed by atoms with Crippen LogP contribution >= 0.6 is 0 Å². The molecule has 1 amide bonds. The highest BCUT2D eigenvalue weighted by Crippen LogP contribution is 2.11. The molecule has 0 spiro atoms. The fourth-order valence-corrected chi connectivity index (χ4v) is 1.63. The molecule has 21 heavy (non-hydrogen) atoms. The first kappa shape index (κ1) is 14.9. The second-order valence-corrected chi connectivity index (χ2v) is 4.61. The number of aryl methyl sites for hydroxylation is 2. The van der Waals surface area contributed by atoms with Gasteiger partial charge in [-0.05, 0) is 37.6 Å². The van der Waals surface area contributed by atoms with Crippen LogP contribution in [0.3, 0.4) is 0 Å². The maximum absolute atomic E-state index is 13.0. The lowest BCUT2D eigenvalue weighted by Crippen LogP contribution is -2.15. The van der Waals surface area contributed by atoms with Crippen molar-refractivity contribution in [1.82, 2.24) is 10.2 Å². The Balaban J connectivity index is 1.80. The minimum atomic E-state index is -0.394. The highest BCUT2D eigenvalue weighted by atomic mass is 19.1. The van der Waals surface area contributed by atoms with Gasteiger partial charge in [0.15, 0.2) is 0 Å². The standard InChI is InChI=1S/C15H16FN3O2/c1-10-8-15(19-18-11(10)2)21-7-6-14(20)17-13-5-3-4-12(16)9-13/h3-5,8-9H,6-7H2,1-2H3,(H,17,20).